The van der Waals surface area contributed by atoms with Gasteiger partial charge in [-0.25, -0.2) is 4.79 Å². The molecule has 0 bridgehead atoms. The Hall–Kier alpha value is -3.19. The maximum atomic E-state index is 12.2. The number of carboxylic acids is 1. The monoisotopic (exact) mass is 370 g/mol. The standard InChI is InChI=1S/C20H18O7/c21-14(10-15(22)20(24)25)19-16(23)11-26-18-9-13(6-7-17(18)27-19)8-12-4-2-1-3-5-12/h1-7,9,16,19,23H,8,10-11H2,(H,24,25). The number of fused-ring (bicyclic) bond motifs is 1. The summed E-state index contributed by atoms with van der Waals surface area (Å²) in [6.45, 7) is -0.209. The van der Waals surface area contributed by atoms with Crippen LogP contribution in [0.3, 0.4) is 0 Å². The Balaban J connectivity index is 1.77. The zero-order valence-corrected chi connectivity index (χ0v) is 14.3. The molecule has 2 unspecified atom stereocenters. The smallest absolute Gasteiger partial charge is 0.372 e. The van der Waals surface area contributed by atoms with Crippen molar-refractivity contribution in [1.29, 1.82) is 0 Å². The molecular formula is C20H18O7. The lowest BCUT2D eigenvalue weighted by atomic mass is 10.0. The summed E-state index contributed by atoms with van der Waals surface area (Å²) in [6.07, 6.45) is -2.85. The number of aliphatic carboxylic acids is 1. The van der Waals surface area contributed by atoms with Crippen LogP contribution in [0.25, 0.3) is 0 Å². The maximum absolute atomic E-state index is 12.2. The molecule has 0 saturated heterocycles. The van der Waals surface area contributed by atoms with Crippen molar-refractivity contribution in [1.82, 2.24) is 0 Å². The minimum absolute atomic E-state index is 0.209. The van der Waals surface area contributed by atoms with E-state index < -0.39 is 36.2 Å². The zero-order valence-electron chi connectivity index (χ0n) is 14.3. The van der Waals surface area contributed by atoms with E-state index in [0.29, 0.717) is 12.2 Å². The van der Waals surface area contributed by atoms with Crippen molar-refractivity contribution in [2.24, 2.45) is 0 Å². The number of ether oxygens (including phenoxy) is 2. The first-order valence-corrected chi connectivity index (χ1v) is 8.37. The molecule has 2 aromatic rings. The topological polar surface area (TPSA) is 110 Å². The number of Topliss-reactive ketones (excluding diaryl/α,β-unsaturated/α-hetero) is 2. The van der Waals surface area contributed by atoms with Gasteiger partial charge in [0.1, 0.15) is 12.7 Å². The predicted molar refractivity (Wildman–Crippen MR) is 93.9 cm³/mol. The number of carboxylic acid groups (broad SMARTS) is 1. The molecule has 0 fully saturated rings. The van der Waals surface area contributed by atoms with Crippen molar-refractivity contribution in [2.75, 3.05) is 6.61 Å². The fourth-order valence-corrected chi connectivity index (χ4v) is 2.80. The summed E-state index contributed by atoms with van der Waals surface area (Å²) in [7, 11) is 0. The lowest BCUT2D eigenvalue weighted by Gasteiger charge is -2.18. The molecule has 27 heavy (non-hydrogen) atoms. The number of carbonyl (C=O) groups excluding carboxylic acids is 2. The van der Waals surface area contributed by atoms with Gasteiger partial charge in [-0.3, -0.25) is 9.59 Å². The van der Waals surface area contributed by atoms with Crippen LogP contribution < -0.4 is 9.47 Å². The number of hydrogen-bond acceptors (Lipinski definition) is 6. The van der Waals surface area contributed by atoms with Gasteiger partial charge in [0.25, 0.3) is 0 Å². The molecule has 1 aliphatic rings. The van der Waals surface area contributed by atoms with Gasteiger partial charge in [-0.05, 0) is 29.7 Å². The molecule has 2 N–H and O–H groups in total. The van der Waals surface area contributed by atoms with Gasteiger partial charge < -0.3 is 19.7 Å². The number of aliphatic hydroxyl groups is 1. The molecule has 0 radical (unpaired) electrons. The third kappa shape index (κ3) is 4.51. The van der Waals surface area contributed by atoms with E-state index in [2.05, 4.69) is 0 Å². The highest BCUT2D eigenvalue weighted by molar-refractivity contribution is 6.36. The van der Waals surface area contributed by atoms with Crippen molar-refractivity contribution in [3.8, 4) is 11.5 Å². The average Bonchev–Trinajstić information content (AvgIpc) is 2.81. The Kier molecular flexibility index (Phi) is 5.52. The van der Waals surface area contributed by atoms with Crippen LogP contribution in [0.4, 0.5) is 0 Å². The molecule has 2 aromatic carbocycles. The lowest BCUT2D eigenvalue weighted by Crippen LogP contribution is -2.42. The normalized spacial score (nSPS) is 18.4. The van der Waals surface area contributed by atoms with Crippen LogP contribution in [-0.2, 0) is 20.8 Å². The first-order valence-electron chi connectivity index (χ1n) is 8.37. The van der Waals surface area contributed by atoms with Gasteiger partial charge in [-0.2, -0.15) is 0 Å². The second-order valence-electron chi connectivity index (χ2n) is 6.23. The summed E-state index contributed by atoms with van der Waals surface area (Å²) in [6, 6.07) is 15.0. The fourth-order valence-electron chi connectivity index (χ4n) is 2.80. The molecule has 0 aliphatic carbocycles. The number of benzene rings is 2. The molecule has 140 valence electrons. The SMILES string of the molecule is O=C(O)C(=O)CC(=O)C1Oc2ccc(Cc3ccccc3)cc2OCC1O. The van der Waals surface area contributed by atoms with E-state index in [1.54, 1.807) is 12.1 Å². The number of aliphatic hydroxyl groups excluding tert-OH is 1. The van der Waals surface area contributed by atoms with Gasteiger partial charge in [0.15, 0.2) is 23.4 Å². The van der Waals surface area contributed by atoms with Crippen LogP contribution in [0.2, 0.25) is 0 Å². The van der Waals surface area contributed by atoms with Gasteiger partial charge >= 0.3 is 5.97 Å². The molecule has 0 amide bonds. The quantitative estimate of drug-likeness (QED) is 0.584. The first kappa shape index (κ1) is 18.6. The first-order chi connectivity index (χ1) is 12.9. The highest BCUT2D eigenvalue weighted by atomic mass is 16.6. The van der Waals surface area contributed by atoms with Crippen molar-refractivity contribution < 1.29 is 34.1 Å². The molecule has 1 heterocycles. The minimum atomic E-state index is -1.70. The predicted octanol–water partition coefficient (Wildman–Crippen LogP) is 1.39. The largest absolute Gasteiger partial charge is 0.487 e. The minimum Gasteiger partial charge on any atom is -0.487 e. The third-order valence-electron chi connectivity index (χ3n) is 4.16. The molecule has 2 atom stereocenters. The third-order valence-corrected chi connectivity index (χ3v) is 4.16. The maximum Gasteiger partial charge on any atom is 0.372 e. The van der Waals surface area contributed by atoms with Crippen LogP contribution >= 0.6 is 0 Å². The Morgan fingerprint density at radius 1 is 1.00 bits per heavy atom. The molecule has 0 spiro atoms. The Labute approximate surface area is 155 Å². The summed E-state index contributed by atoms with van der Waals surface area (Å²) in [5, 5.41) is 18.7. The van der Waals surface area contributed by atoms with Crippen LogP contribution in [-0.4, -0.2) is 46.6 Å². The van der Waals surface area contributed by atoms with Gasteiger partial charge in [0, 0.05) is 0 Å². The molecule has 7 nitrogen and oxygen atoms in total. The second-order valence-corrected chi connectivity index (χ2v) is 6.23. The van der Waals surface area contributed by atoms with E-state index in [4.69, 9.17) is 14.6 Å². The summed E-state index contributed by atoms with van der Waals surface area (Å²) in [5.41, 5.74) is 2.08. The summed E-state index contributed by atoms with van der Waals surface area (Å²) in [5.74, 6) is -3.13. The fraction of sp³-hybridized carbons (Fsp3) is 0.250. The van der Waals surface area contributed by atoms with E-state index in [1.807, 2.05) is 36.4 Å². The molecule has 0 aromatic heterocycles. The highest BCUT2D eigenvalue weighted by Gasteiger charge is 2.35. The van der Waals surface area contributed by atoms with Crippen LogP contribution in [0, 0.1) is 0 Å². The van der Waals surface area contributed by atoms with Gasteiger partial charge in [0.2, 0.25) is 5.78 Å². The molecule has 3 rings (SSSR count). The zero-order chi connectivity index (χ0) is 19.4. The van der Waals surface area contributed by atoms with E-state index in [9.17, 15) is 19.5 Å². The molecular weight excluding hydrogens is 352 g/mol. The lowest BCUT2D eigenvalue weighted by molar-refractivity contribution is -0.151. The van der Waals surface area contributed by atoms with E-state index in [0.717, 1.165) is 11.1 Å². The number of carbonyl (C=O) groups is 3. The Morgan fingerprint density at radius 2 is 1.74 bits per heavy atom. The number of hydrogen-bond donors (Lipinski definition) is 2. The second kappa shape index (κ2) is 8.01. The Morgan fingerprint density at radius 3 is 2.44 bits per heavy atom. The summed E-state index contributed by atoms with van der Waals surface area (Å²) >= 11 is 0. The summed E-state index contributed by atoms with van der Waals surface area (Å²) in [4.78, 5) is 34.1. The van der Waals surface area contributed by atoms with Crippen LogP contribution in [0.1, 0.15) is 17.5 Å². The van der Waals surface area contributed by atoms with E-state index in [1.165, 1.54) is 0 Å². The average molecular weight is 370 g/mol. The van der Waals surface area contributed by atoms with Crippen molar-refractivity contribution >= 4 is 17.5 Å². The van der Waals surface area contributed by atoms with Crippen molar-refractivity contribution in [2.45, 2.75) is 25.0 Å². The van der Waals surface area contributed by atoms with E-state index in [-0.39, 0.29) is 12.4 Å². The highest BCUT2D eigenvalue weighted by Crippen LogP contribution is 2.33. The van der Waals surface area contributed by atoms with Crippen molar-refractivity contribution in [3.63, 3.8) is 0 Å². The Bertz CT molecular complexity index is 860. The summed E-state index contributed by atoms with van der Waals surface area (Å²) < 4.78 is 11.1. The van der Waals surface area contributed by atoms with Gasteiger partial charge in [-0.1, -0.05) is 36.4 Å². The van der Waals surface area contributed by atoms with Gasteiger partial charge in [0.05, 0.1) is 6.42 Å². The van der Waals surface area contributed by atoms with Crippen molar-refractivity contribution in [3.05, 3.63) is 59.7 Å². The number of rotatable bonds is 6. The molecule has 0 saturated carbocycles. The number of ketones is 2. The van der Waals surface area contributed by atoms with Crippen LogP contribution in [0.5, 0.6) is 11.5 Å². The van der Waals surface area contributed by atoms with Crippen LogP contribution in [0.15, 0.2) is 48.5 Å². The molecule has 1 aliphatic heterocycles. The molecule has 7 heteroatoms. The van der Waals surface area contributed by atoms with Gasteiger partial charge in [-0.15, -0.1) is 0 Å². The van der Waals surface area contributed by atoms with E-state index >= 15 is 0 Å².